The summed E-state index contributed by atoms with van der Waals surface area (Å²) in [7, 11) is -3.62. The second-order valence-corrected chi connectivity index (χ2v) is 9.28. The molecule has 0 aliphatic carbocycles. The molecule has 1 unspecified atom stereocenters. The van der Waals surface area contributed by atoms with E-state index in [1.807, 2.05) is 13.8 Å². The summed E-state index contributed by atoms with van der Waals surface area (Å²) in [6.07, 6.45) is 0.752. The predicted molar refractivity (Wildman–Crippen MR) is 79.7 cm³/mol. The van der Waals surface area contributed by atoms with Crippen molar-refractivity contribution in [3.8, 4) is 0 Å². The fourth-order valence-electron chi connectivity index (χ4n) is 2.15. The number of thiophene rings is 1. The first-order chi connectivity index (χ1) is 8.72. The molecule has 2 heterocycles. The summed E-state index contributed by atoms with van der Waals surface area (Å²) in [5, 5.41) is 3.27. The van der Waals surface area contributed by atoms with Crippen LogP contribution in [0.2, 0.25) is 8.67 Å². The van der Waals surface area contributed by atoms with Crippen molar-refractivity contribution in [2.75, 3.05) is 13.1 Å². The Balaban J connectivity index is 2.24. The number of nitrogens with one attached hydrogen (secondary N) is 2. The number of sulfonamides is 1. The van der Waals surface area contributed by atoms with Crippen LogP contribution < -0.4 is 10.0 Å². The molecule has 19 heavy (non-hydrogen) atoms. The van der Waals surface area contributed by atoms with Gasteiger partial charge < -0.3 is 5.32 Å². The summed E-state index contributed by atoms with van der Waals surface area (Å²) in [5.41, 5.74) is -0.141. The zero-order valence-corrected chi connectivity index (χ0v) is 13.8. The van der Waals surface area contributed by atoms with Crippen LogP contribution in [0.5, 0.6) is 0 Å². The van der Waals surface area contributed by atoms with Crippen LogP contribution in [0.3, 0.4) is 0 Å². The molecule has 108 valence electrons. The molecule has 0 aromatic carbocycles. The number of hydrogen-bond acceptors (Lipinski definition) is 4. The third-order valence-electron chi connectivity index (χ3n) is 3.35. The van der Waals surface area contributed by atoms with Gasteiger partial charge in [0.25, 0.3) is 0 Å². The molecule has 0 bridgehead atoms. The molecule has 0 saturated carbocycles. The van der Waals surface area contributed by atoms with Crippen molar-refractivity contribution in [1.29, 1.82) is 0 Å². The van der Waals surface area contributed by atoms with Crippen molar-refractivity contribution in [2.24, 2.45) is 5.41 Å². The van der Waals surface area contributed by atoms with Crippen molar-refractivity contribution in [2.45, 2.75) is 31.2 Å². The summed E-state index contributed by atoms with van der Waals surface area (Å²) < 4.78 is 28.0. The van der Waals surface area contributed by atoms with Crippen molar-refractivity contribution in [3.05, 3.63) is 14.7 Å². The molecular weight excluding hydrogens is 327 g/mol. The lowest BCUT2D eigenvalue weighted by Crippen LogP contribution is -2.54. The minimum atomic E-state index is -3.62. The first-order valence-corrected chi connectivity index (χ1v) is 8.96. The van der Waals surface area contributed by atoms with Crippen LogP contribution in [0.25, 0.3) is 0 Å². The Morgan fingerprint density at radius 3 is 2.68 bits per heavy atom. The molecule has 2 N–H and O–H groups in total. The van der Waals surface area contributed by atoms with Crippen LogP contribution >= 0.6 is 34.5 Å². The van der Waals surface area contributed by atoms with Crippen LogP contribution in [0, 0.1) is 5.41 Å². The highest BCUT2D eigenvalue weighted by Crippen LogP contribution is 2.35. The van der Waals surface area contributed by atoms with Crippen LogP contribution in [0.15, 0.2) is 11.0 Å². The molecule has 1 saturated heterocycles. The molecule has 1 fully saturated rings. The smallest absolute Gasteiger partial charge is 0.243 e. The lowest BCUT2D eigenvalue weighted by atomic mass is 9.81. The third kappa shape index (κ3) is 3.43. The number of hydrogen-bond donors (Lipinski definition) is 2. The molecule has 2 rings (SSSR count). The van der Waals surface area contributed by atoms with E-state index >= 15 is 0 Å². The van der Waals surface area contributed by atoms with Gasteiger partial charge in [-0.15, -0.1) is 11.3 Å². The normalized spacial score (nSPS) is 23.5. The highest BCUT2D eigenvalue weighted by Gasteiger charge is 2.36. The van der Waals surface area contributed by atoms with E-state index in [1.54, 1.807) is 0 Å². The monoisotopic (exact) mass is 342 g/mol. The van der Waals surface area contributed by atoms with Crippen molar-refractivity contribution >= 4 is 44.6 Å². The largest absolute Gasteiger partial charge is 0.316 e. The Hall–Kier alpha value is 0.150. The lowest BCUT2D eigenvalue weighted by Gasteiger charge is -2.39. The molecule has 4 nitrogen and oxygen atoms in total. The maximum Gasteiger partial charge on any atom is 0.243 e. The van der Waals surface area contributed by atoms with Crippen molar-refractivity contribution in [3.63, 3.8) is 0 Å². The minimum absolute atomic E-state index is 0.0681. The fourth-order valence-corrected chi connectivity index (χ4v) is 5.74. The van der Waals surface area contributed by atoms with E-state index in [4.69, 9.17) is 23.2 Å². The molecule has 0 amide bonds. The Kier molecular flexibility index (Phi) is 4.50. The Morgan fingerprint density at radius 1 is 1.47 bits per heavy atom. The molecule has 1 aliphatic heterocycles. The molecule has 1 aromatic heterocycles. The molecular formula is C11H16Cl2N2O2S2. The van der Waals surface area contributed by atoms with E-state index in [0.29, 0.717) is 4.34 Å². The van der Waals surface area contributed by atoms with Gasteiger partial charge in [0.05, 0.1) is 4.34 Å². The van der Waals surface area contributed by atoms with Gasteiger partial charge in [0.2, 0.25) is 10.0 Å². The van der Waals surface area contributed by atoms with Crippen LogP contribution in [-0.2, 0) is 10.0 Å². The van der Waals surface area contributed by atoms with Crippen LogP contribution in [-0.4, -0.2) is 27.5 Å². The van der Waals surface area contributed by atoms with Gasteiger partial charge in [-0.2, -0.15) is 0 Å². The van der Waals surface area contributed by atoms with E-state index in [-0.39, 0.29) is 20.7 Å². The summed E-state index contributed by atoms with van der Waals surface area (Å²) in [4.78, 5) is 0.0681. The van der Waals surface area contributed by atoms with Crippen molar-refractivity contribution in [1.82, 2.24) is 10.0 Å². The van der Waals surface area contributed by atoms with E-state index in [9.17, 15) is 8.42 Å². The average Bonchev–Trinajstić information content (AvgIpc) is 2.61. The van der Waals surface area contributed by atoms with Gasteiger partial charge in [-0.05, 0) is 24.4 Å². The molecule has 0 radical (unpaired) electrons. The minimum Gasteiger partial charge on any atom is -0.316 e. The number of piperidine rings is 1. The van der Waals surface area contributed by atoms with Crippen molar-refractivity contribution < 1.29 is 8.42 Å². The van der Waals surface area contributed by atoms with Crippen LogP contribution in [0.4, 0.5) is 0 Å². The first-order valence-electron chi connectivity index (χ1n) is 5.90. The van der Waals surface area contributed by atoms with Gasteiger partial charge in [0.1, 0.15) is 9.23 Å². The third-order valence-corrected chi connectivity index (χ3v) is 6.57. The highest BCUT2D eigenvalue weighted by atomic mass is 35.5. The highest BCUT2D eigenvalue weighted by molar-refractivity contribution is 7.89. The fraction of sp³-hybridized carbons (Fsp3) is 0.636. The SMILES string of the molecule is CC1(C)CNCCC1NS(=O)(=O)c1cc(Cl)sc1Cl. The summed E-state index contributed by atoms with van der Waals surface area (Å²) in [6.45, 7) is 5.65. The number of halogens is 2. The van der Waals surface area contributed by atoms with Crippen LogP contribution in [0.1, 0.15) is 20.3 Å². The van der Waals surface area contributed by atoms with E-state index in [0.717, 1.165) is 30.8 Å². The summed E-state index contributed by atoms with van der Waals surface area (Å²) in [6, 6.07) is 1.28. The van der Waals surface area contributed by atoms with E-state index in [1.165, 1.54) is 6.07 Å². The van der Waals surface area contributed by atoms with E-state index in [2.05, 4.69) is 10.0 Å². The van der Waals surface area contributed by atoms with Gasteiger partial charge >= 0.3 is 0 Å². The molecule has 8 heteroatoms. The lowest BCUT2D eigenvalue weighted by molar-refractivity contribution is 0.206. The maximum atomic E-state index is 12.4. The average molecular weight is 343 g/mol. The number of rotatable bonds is 3. The first kappa shape index (κ1) is 15.5. The second-order valence-electron chi connectivity index (χ2n) is 5.32. The van der Waals surface area contributed by atoms with E-state index < -0.39 is 10.0 Å². The Bertz CT molecular complexity index is 569. The zero-order chi connectivity index (χ0) is 14.3. The van der Waals surface area contributed by atoms with Gasteiger partial charge in [0.15, 0.2) is 0 Å². The predicted octanol–water partition coefficient (Wildman–Crippen LogP) is 2.72. The quantitative estimate of drug-likeness (QED) is 0.887. The summed E-state index contributed by atoms with van der Waals surface area (Å²) in [5.74, 6) is 0. The molecule has 1 aromatic rings. The molecule has 1 atom stereocenters. The Morgan fingerprint density at radius 2 is 2.16 bits per heavy atom. The topological polar surface area (TPSA) is 58.2 Å². The van der Waals surface area contributed by atoms with Gasteiger partial charge in [-0.25, -0.2) is 13.1 Å². The summed E-state index contributed by atoms with van der Waals surface area (Å²) >= 11 is 12.8. The standard InChI is InChI=1S/C11H16Cl2N2O2S2/c1-11(2)6-14-4-3-8(11)15-19(16,17)7-5-9(12)18-10(7)13/h5,8,14-15H,3-4,6H2,1-2H3. The second kappa shape index (κ2) is 5.50. The maximum absolute atomic E-state index is 12.4. The zero-order valence-electron chi connectivity index (χ0n) is 10.7. The van der Waals surface area contributed by atoms with Gasteiger partial charge in [-0.1, -0.05) is 37.0 Å². The van der Waals surface area contributed by atoms with Gasteiger partial charge in [-0.3, -0.25) is 0 Å². The Labute approximate surface area is 127 Å². The molecule has 0 spiro atoms. The van der Waals surface area contributed by atoms with Gasteiger partial charge in [0, 0.05) is 12.6 Å². The molecule has 1 aliphatic rings.